The van der Waals surface area contributed by atoms with E-state index in [1.54, 1.807) is 0 Å². The maximum atomic E-state index is 6.62. The highest BCUT2D eigenvalue weighted by atomic mass is 79.9. The fourth-order valence-electron chi connectivity index (χ4n) is 7.82. The lowest BCUT2D eigenvalue weighted by Gasteiger charge is -2.35. The van der Waals surface area contributed by atoms with Gasteiger partial charge in [0.05, 0.1) is 22.7 Å². The lowest BCUT2D eigenvalue weighted by Crippen LogP contribution is -2.18. The Morgan fingerprint density at radius 2 is 1.07 bits per heavy atom. The molecule has 0 radical (unpaired) electrons. The van der Waals surface area contributed by atoms with Crippen LogP contribution < -0.4 is 14.5 Å². The number of halogens is 1. The summed E-state index contributed by atoms with van der Waals surface area (Å²) in [6.07, 6.45) is 2.01. The van der Waals surface area contributed by atoms with Crippen molar-refractivity contribution in [3.05, 3.63) is 198 Å². The maximum absolute atomic E-state index is 6.62. The molecule has 0 spiro atoms. The summed E-state index contributed by atoms with van der Waals surface area (Å²) in [6.45, 7) is 8.98. The van der Waals surface area contributed by atoms with Crippen molar-refractivity contribution < 1.29 is 4.74 Å². The number of hydrogen-bond acceptors (Lipinski definition) is 4. The van der Waals surface area contributed by atoms with E-state index in [1.807, 2.05) is 36.5 Å². The minimum Gasteiger partial charge on any atom is -0.457 e. The van der Waals surface area contributed by atoms with E-state index in [-0.39, 0.29) is 5.41 Å². The van der Waals surface area contributed by atoms with Gasteiger partial charge in [-0.2, -0.15) is 0 Å². The topological polar surface area (TPSA) is 28.6 Å². The number of aryl methyl sites for hydroxylation is 1. The first-order valence-electron chi connectivity index (χ1n) is 19.3. The van der Waals surface area contributed by atoms with Gasteiger partial charge in [0.25, 0.3) is 0 Å². The van der Waals surface area contributed by atoms with Crippen LogP contribution in [0.2, 0.25) is 0 Å². The fraction of sp³-hybridized carbons (Fsp3) is 0.0962. The SMILES string of the molecule is Cc1cc(N2c3ccccc3-c3ccccc3N(c3cccc(C(C)(C)C)c3)c3ccccc3-c3ccc(Oc4cccc(Br)c4)cc32)ncc1-c1ccccc1. The standard InChI is InChI=1S/C52H42BrN3O/c1-35-30-51(54-34-46(35)36-16-6-5-7-17-36)56-49-27-13-10-23-43(49)42-22-8-11-25-47(42)55(39-20-14-18-37(31-39)52(2,3)4)48-26-12-9-24-44(48)45-29-28-41(33-50(45)56)57-40-21-15-19-38(53)32-40/h5-34H,1-4H3. The lowest BCUT2D eigenvalue weighted by atomic mass is 9.86. The van der Waals surface area contributed by atoms with Gasteiger partial charge in [-0.25, -0.2) is 4.98 Å². The number of ether oxygens (including phenoxy) is 1. The number of benzene rings is 7. The third-order valence-corrected chi connectivity index (χ3v) is 11.1. The molecule has 0 atom stereocenters. The number of nitrogens with zero attached hydrogens (tertiary/aromatic N) is 3. The van der Waals surface area contributed by atoms with E-state index in [0.717, 1.165) is 89.2 Å². The Morgan fingerprint density at radius 3 is 1.70 bits per heavy atom. The third-order valence-electron chi connectivity index (χ3n) is 10.6. The van der Waals surface area contributed by atoms with E-state index in [4.69, 9.17) is 9.72 Å². The van der Waals surface area contributed by atoms with Crippen molar-refractivity contribution in [2.75, 3.05) is 9.80 Å². The number of hydrogen-bond donors (Lipinski definition) is 0. The predicted octanol–water partition coefficient (Wildman–Crippen LogP) is 15.5. The molecule has 0 amide bonds. The van der Waals surface area contributed by atoms with Crippen LogP contribution >= 0.6 is 15.9 Å². The van der Waals surface area contributed by atoms with E-state index in [1.165, 1.54) is 5.56 Å². The Morgan fingerprint density at radius 1 is 0.491 bits per heavy atom. The number of rotatable bonds is 5. The predicted molar refractivity (Wildman–Crippen MR) is 241 cm³/mol. The van der Waals surface area contributed by atoms with Gasteiger partial charge < -0.3 is 9.64 Å². The zero-order valence-electron chi connectivity index (χ0n) is 32.4. The van der Waals surface area contributed by atoms with E-state index in [2.05, 4.69) is 199 Å². The molecule has 0 bridgehead atoms. The van der Waals surface area contributed by atoms with Crippen LogP contribution in [0.25, 0.3) is 33.4 Å². The van der Waals surface area contributed by atoms with E-state index in [0.29, 0.717) is 0 Å². The molecule has 278 valence electrons. The lowest BCUT2D eigenvalue weighted by molar-refractivity contribution is 0.482. The average Bonchev–Trinajstić information content (AvgIpc) is 3.22. The van der Waals surface area contributed by atoms with Crippen LogP contribution in [-0.4, -0.2) is 4.98 Å². The molecule has 0 unspecified atom stereocenters. The summed E-state index contributed by atoms with van der Waals surface area (Å²) in [4.78, 5) is 10.0. The van der Waals surface area contributed by atoms with Gasteiger partial charge in [0.1, 0.15) is 17.3 Å². The molecular weight excluding hydrogens is 762 g/mol. The second-order valence-electron chi connectivity index (χ2n) is 15.5. The summed E-state index contributed by atoms with van der Waals surface area (Å²) >= 11 is 3.63. The molecule has 7 aromatic carbocycles. The molecular formula is C52H42BrN3O. The summed E-state index contributed by atoms with van der Waals surface area (Å²) in [5, 5.41) is 0. The van der Waals surface area contributed by atoms with Crippen molar-refractivity contribution in [1.29, 1.82) is 0 Å². The summed E-state index contributed by atoms with van der Waals surface area (Å²) < 4.78 is 7.57. The first-order valence-corrected chi connectivity index (χ1v) is 20.1. The van der Waals surface area contributed by atoms with Gasteiger partial charge in [0.15, 0.2) is 0 Å². The normalized spacial score (nSPS) is 12.2. The molecule has 0 fully saturated rings. The minimum absolute atomic E-state index is 0.0300. The zero-order chi connectivity index (χ0) is 39.1. The number of pyridine rings is 1. The molecule has 0 saturated heterocycles. The van der Waals surface area contributed by atoms with Gasteiger partial charge in [-0.3, -0.25) is 4.90 Å². The summed E-state index contributed by atoms with van der Waals surface area (Å²) in [5.74, 6) is 2.28. The molecule has 5 heteroatoms. The number of para-hydroxylation sites is 3. The first kappa shape index (κ1) is 36.2. The van der Waals surface area contributed by atoms with Crippen molar-refractivity contribution in [1.82, 2.24) is 4.98 Å². The Hall–Kier alpha value is -6.43. The smallest absolute Gasteiger partial charge is 0.137 e. The molecule has 0 aliphatic carbocycles. The van der Waals surface area contributed by atoms with Gasteiger partial charge in [0, 0.05) is 50.2 Å². The number of aromatic nitrogens is 1. The molecule has 0 N–H and O–H groups in total. The van der Waals surface area contributed by atoms with Crippen LogP contribution in [0.15, 0.2) is 187 Å². The van der Waals surface area contributed by atoms with Gasteiger partial charge in [-0.1, -0.05) is 140 Å². The van der Waals surface area contributed by atoms with Crippen molar-refractivity contribution in [2.45, 2.75) is 33.1 Å². The van der Waals surface area contributed by atoms with Crippen LogP contribution in [-0.2, 0) is 5.41 Å². The summed E-state index contributed by atoms with van der Waals surface area (Å²) in [7, 11) is 0. The van der Waals surface area contributed by atoms with Crippen LogP contribution in [0, 0.1) is 6.92 Å². The van der Waals surface area contributed by atoms with Crippen molar-refractivity contribution in [3.8, 4) is 44.9 Å². The van der Waals surface area contributed by atoms with E-state index in [9.17, 15) is 0 Å². The van der Waals surface area contributed by atoms with Gasteiger partial charge in [-0.15, -0.1) is 0 Å². The molecule has 2 heterocycles. The van der Waals surface area contributed by atoms with E-state index >= 15 is 0 Å². The molecule has 1 aromatic heterocycles. The van der Waals surface area contributed by atoms with Crippen molar-refractivity contribution in [3.63, 3.8) is 0 Å². The van der Waals surface area contributed by atoms with Crippen LogP contribution in [0.1, 0.15) is 31.9 Å². The molecule has 57 heavy (non-hydrogen) atoms. The molecule has 1 aliphatic heterocycles. The number of anilines is 6. The Kier molecular flexibility index (Phi) is 9.47. The molecule has 0 saturated carbocycles. The average molecular weight is 805 g/mol. The van der Waals surface area contributed by atoms with Crippen LogP contribution in [0.3, 0.4) is 0 Å². The summed E-state index contributed by atoms with van der Waals surface area (Å²) in [5.41, 5.74) is 14.1. The first-order chi connectivity index (χ1) is 27.7. The highest BCUT2D eigenvalue weighted by molar-refractivity contribution is 9.10. The highest BCUT2D eigenvalue weighted by Crippen LogP contribution is 2.53. The Balaban J connectivity index is 1.36. The minimum atomic E-state index is -0.0300. The zero-order valence-corrected chi connectivity index (χ0v) is 34.0. The van der Waals surface area contributed by atoms with Crippen LogP contribution in [0.4, 0.5) is 34.3 Å². The van der Waals surface area contributed by atoms with Gasteiger partial charge in [0.2, 0.25) is 0 Å². The van der Waals surface area contributed by atoms with Crippen molar-refractivity contribution >= 4 is 50.2 Å². The maximum Gasteiger partial charge on any atom is 0.137 e. The van der Waals surface area contributed by atoms with E-state index < -0.39 is 0 Å². The van der Waals surface area contributed by atoms with Gasteiger partial charge >= 0.3 is 0 Å². The Bertz CT molecular complexity index is 2750. The van der Waals surface area contributed by atoms with Crippen molar-refractivity contribution in [2.24, 2.45) is 0 Å². The second kappa shape index (κ2) is 14.9. The van der Waals surface area contributed by atoms with Gasteiger partial charge in [-0.05, 0) is 95.8 Å². The highest BCUT2D eigenvalue weighted by Gasteiger charge is 2.29. The number of fused-ring (bicyclic) bond motifs is 6. The second-order valence-corrected chi connectivity index (χ2v) is 16.4. The molecule has 4 nitrogen and oxygen atoms in total. The fourth-order valence-corrected chi connectivity index (χ4v) is 8.20. The monoisotopic (exact) mass is 803 g/mol. The largest absolute Gasteiger partial charge is 0.457 e. The Labute approximate surface area is 343 Å². The van der Waals surface area contributed by atoms with Crippen LogP contribution in [0.5, 0.6) is 11.5 Å². The quantitative estimate of drug-likeness (QED) is 0.173. The third kappa shape index (κ3) is 7.00. The molecule has 8 aromatic rings. The molecule has 9 rings (SSSR count). The summed E-state index contributed by atoms with van der Waals surface area (Å²) in [6, 6.07) is 62.2. The molecule has 1 aliphatic rings.